The molecule has 0 unspecified atom stereocenters. The minimum atomic E-state index is -0.374. The van der Waals surface area contributed by atoms with E-state index in [1.54, 1.807) is 13.2 Å². The Hall–Kier alpha value is -3.11. The first-order valence-electron chi connectivity index (χ1n) is 9.42. The summed E-state index contributed by atoms with van der Waals surface area (Å²) < 4.78 is 24.4. The van der Waals surface area contributed by atoms with Crippen LogP contribution in [0.5, 0.6) is 11.5 Å². The van der Waals surface area contributed by atoms with E-state index in [2.05, 4.69) is 0 Å². The minimum absolute atomic E-state index is 0.198. The molecule has 30 heavy (non-hydrogen) atoms. The third-order valence-electron chi connectivity index (χ3n) is 4.66. The maximum absolute atomic E-state index is 13.0. The fraction of sp³-hybridized carbons (Fsp3) is 0.160. The molecular weight excluding hydrogens is 403 g/mol. The van der Waals surface area contributed by atoms with Crippen molar-refractivity contribution >= 4 is 23.5 Å². The molecule has 0 aliphatic rings. The van der Waals surface area contributed by atoms with E-state index in [1.165, 1.54) is 30.3 Å². The quantitative estimate of drug-likeness (QED) is 0.317. The molecule has 3 aromatic carbocycles. The van der Waals surface area contributed by atoms with E-state index >= 15 is 0 Å². The van der Waals surface area contributed by atoms with Gasteiger partial charge in [-0.25, -0.2) is 4.39 Å². The minimum Gasteiger partial charge on any atom is -0.496 e. The van der Waals surface area contributed by atoms with Crippen molar-refractivity contribution in [3.63, 3.8) is 0 Å². The average Bonchev–Trinajstić information content (AvgIpc) is 2.74. The number of ketones is 1. The van der Waals surface area contributed by atoms with Crippen molar-refractivity contribution in [2.75, 3.05) is 7.11 Å². The van der Waals surface area contributed by atoms with Gasteiger partial charge in [0.2, 0.25) is 0 Å². The monoisotopic (exact) mass is 424 g/mol. The molecule has 0 aromatic heterocycles. The first-order chi connectivity index (χ1) is 14.4. The fourth-order valence-electron chi connectivity index (χ4n) is 3.05. The average molecular weight is 425 g/mol. The van der Waals surface area contributed by atoms with Crippen LogP contribution in [-0.4, -0.2) is 12.9 Å². The second-order valence-electron chi connectivity index (χ2n) is 6.94. The van der Waals surface area contributed by atoms with Gasteiger partial charge >= 0.3 is 0 Å². The molecule has 0 aliphatic heterocycles. The van der Waals surface area contributed by atoms with Gasteiger partial charge in [0, 0.05) is 16.1 Å². The molecule has 0 aliphatic carbocycles. The van der Waals surface area contributed by atoms with Crippen LogP contribution in [0.3, 0.4) is 0 Å². The highest BCUT2D eigenvalue weighted by Crippen LogP contribution is 2.28. The predicted molar refractivity (Wildman–Crippen MR) is 118 cm³/mol. The number of hydrogen-bond acceptors (Lipinski definition) is 3. The SMILES string of the molecule is COc1ccc(/C=C/C(=O)c2ccc(F)cc2)cc1COc1cc(C)c(Cl)c(C)c1. The normalized spacial score (nSPS) is 11.0. The number of halogens is 2. The van der Waals surface area contributed by atoms with Crippen LogP contribution >= 0.6 is 11.6 Å². The highest BCUT2D eigenvalue weighted by Gasteiger charge is 2.08. The number of carbonyl (C=O) groups excluding carboxylic acids is 1. The Bertz CT molecular complexity index is 1070. The van der Waals surface area contributed by atoms with Crippen LogP contribution in [0, 0.1) is 19.7 Å². The largest absolute Gasteiger partial charge is 0.496 e. The predicted octanol–water partition coefficient (Wildman–Crippen LogP) is 6.58. The topological polar surface area (TPSA) is 35.5 Å². The first-order valence-corrected chi connectivity index (χ1v) is 9.79. The van der Waals surface area contributed by atoms with Gasteiger partial charge in [-0.1, -0.05) is 23.7 Å². The molecule has 3 rings (SSSR count). The third-order valence-corrected chi connectivity index (χ3v) is 5.26. The third kappa shape index (κ3) is 5.28. The van der Waals surface area contributed by atoms with Crippen molar-refractivity contribution in [2.24, 2.45) is 0 Å². The lowest BCUT2D eigenvalue weighted by atomic mass is 10.1. The molecule has 0 bridgehead atoms. The highest BCUT2D eigenvalue weighted by molar-refractivity contribution is 6.32. The van der Waals surface area contributed by atoms with Crippen LogP contribution < -0.4 is 9.47 Å². The van der Waals surface area contributed by atoms with Crippen LogP contribution in [0.2, 0.25) is 5.02 Å². The van der Waals surface area contributed by atoms with Crippen molar-refractivity contribution in [3.8, 4) is 11.5 Å². The number of hydrogen-bond donors (Lipinski definition) is 0. The number of allylic oxidation sites excluding steroid dienone is 1. The summed E-state index contributed by atoms with van der Waals surface area (Å²) in [5.41, 5.74) is 4.01. The molecule has 0 fully saturated rings. The molecule has 3 nitrogen and oxygen atoms in total. The number of carbonyl (C=O) groups is 1. The van der Waals surface area contributed by atoms with Gasteiger partial charge in [-0.15, -0.1) is 0 Å². The molecule has 5 heteroatoms. The molecule has 0 saturated carbocycles. The molecule has 0 atom stereocenters. The summed E-state index contributed by atoms with van der Waals surface area (Å²) in [4.78, 5) is 12.3. The Labute approximate surface area is 180 Å². The standard InChI is InChI=1S/C25H22ClFO3/c1-16-12-22(13-17(2)25(16)26)30-15-20-14-18(5-11-24(20)29-3)4-10-23(28)19-6-8-21(27)9-7-19/h4-14H,15H2,1-3H3/b10-4+. The number of benzene rings is 3. The molecule has 0 amide bonds. The van der Waals surface area contributed by atoms with Gasteiger partial charge < -0.3 is 9.47 Å². The van der Waals surface area contributed by atoms with Crippen LogP contribution in [0.15, 0.2) is 60.7 Å². The van der Waals surface area contributed by atoms with Gasteiger partial charge in [0.1, 0.15) is 23.9 Å². The number of ether oxygens (including phenoxy) is 2. The molecule has 0 saturated heterocycles. The van der Waals surface area contributed by atoms with Gasteiger partial charge in [0.05, 0.1) is 7.11 Å². The molecule has 0 spiro atoms. The summed E-state index contributed by atoms with van der Waals surface area (Å²) in [5, 5.41) is 0.734. The summed E-state index contributed by atoms with van der Waals surface area (Å²) >= 11 is 6.22. The molecule has 154 valence electrons. The van der Waals surface area contributed by atoms with Crippen LogP contribution in [-0.2, 0) is 6.61 Å². The Morgan fingerprint density at radius 2 is 1.70 bits per heavy atom. The van der Waals surface area contributed by atoms with Gasteiger partial charge in [0.15, 0.2) is 5.78 Å². The lowest BCUT2D eigenvalue weighted by Gasteiger charge is -2.13. The summed E-state index contributed by atoms with van der Waals surface area (Å²) in [6.45, 7) is 4.18. The van der Waals surface area contributed by atoms with E-state index in [0.29, 0.717) is 17.9 Å². The fourth-order valence-corrected chi connectivity index (χ4v) is 3.16. The molecule has 0 radical (unpaired) electrons. The zero-order chi connectivity index (χ0) is 21.7. The zero-order valence-corrected chi connectivity index (χ0v) is 17.8. The highest BCUT2D eigenvalue weighted by atomic mass is 35.5. The van der Waals surface area contributed by atoms with Crippen LogP contribution in [0.1, 0.15) is 32.6 Å². The smallest absolute Gasteiger partial charge is 0.185 e. The maximum atomic E-state index is 13.0. The second-order valence-corrected chi connectivity index (χ2v) is 7.31. The number of rotatable bonds is 7. The van der Waals surface area contributed by atoms with Crippen LogP contribution in [0.25, 0.3) is 6.08 Å². The van der Waals surface area contributed by atoms with Crippen molar-refractivity contribution < 1.29 is 18.7 Å². The molecule has 0 heterocycles. The van der Waals surface area contributed by atoms with Crippen molar-refractivity contribution in [1.82, 2.24) is 0 Å². The summed E-state index contributed by atoms with van der Waals surface area (Å²) in [5.74, 6) is 0.848. The Morgan fingerprint density at radius 3 is 2.33 bits per heavy atom. The lowest BCUT2D eigenvalue weighted by Crippen LogP contribution is -2.00. The summed E-state index contributed by atoms with van der Waals surface area (Å²) in [6, 6.07) is 14.8. The number of methoxy groups -OCH3 is 1. The van der Waals surface area contributed by atoms with E-state index in [4.69, 9.17) is 21.1 Å². The molecule has 3 aromatic rings. The number of aryl methyl sites for hydroxylation is 2. The molecular formula is C25H22ClFO3. The van der Waals surface area contributed by atoms with Crippen LogP contribution in [0.4, 0.5) is 4.39 Å². The van der Waals surface area contributed by atoms with Gasteiger partial charge in [-0.2, -0.15) is 0 Å². The van der Waals surface area contributed by atoms with Gasteiger partial charge in [-0.05, 0) is 85.1 Å². The van der Waals surface area contributed by atoms with E-state index < -0.39 is 0 Å². The molecule has 0 N–H and O–H groups in total. The zero-order valence-electron chi connectivity index (χ0n) is 17.0. The van der Waals surface area contributed by atoms with Gasteiger partial charge in [0.25, 0.3) is 0 Å². The van der Waals surface area contributed by atoms with Crippen molar-refractivity contribution in [3.05, 3.63) is 99.3 Å². The van der Waals surface area contributed by atoms with E-state index in [1.807, 2.05) is 44.2 Å². The van der Waals surface area contributed by atoms with Crippen molar-refractivity contribution in [1.29, 1.82) is 0 Å². The Balaban J connectivity index is 1.76. The second kappa shape index (κ2) is 9.59. The summed E-state index contributed by atoms with van der Waals surface area (Å²) in [6.07, 6.45) is 3.18. The van der Waals surface area contributed by atoms with E-state index in [-0.39, 0.29) is 11.6 Å². The van der Waals surface area contributed by atoms with E-state index in [0.717, 1.165) is 33.0 Å². The van der Waals surface area contributed by atoms with E-state index in [9.17, 15) is 9.18 Å². The first kappa shape index (κ1) is 21.6. The maximum Gasteiger partial charge on any atom is 0.185 e. The Kier molecular flexibility index (Phi) is 6.91. The van der Waals surface area contributed by atoms with Crippen molar-refractivity contribution in [2.45, 2.75) is 20.5 Å². The Morgan fingerprint density at radius 1 is 1.03 bits per heavy atom. The van der Waals surface area contributed by atoms with Gasteiger partial charge in [-0.3, -0.25) is 4.79 Å². The summed E-state index contributed by atoms with van der Waals surface area (Å²) in [7, 11) is 1.60. The lowest BCUT2D eigenvalue weighted by molar-refractivity contribution is 0.104.